The number of sulfonamides is 2. The molecule has 0 saturated heterocycles. The van der Waals surface area contributed by atoms with Crippen LogP contribution < -0.4 is 14.8 Å². The van der Waals surface area contributed by atoms with E-state index in [-0.39, 0.29) is 38.6 Å². The number of hydrogen-bond acceptors (Lipinski definition) is 9. The van der Waals surface area contributed by atoms with Gasteiger partial charge in [0.05, 0.1) is 19.6 Å². The van der Waals surface area contributed by atoms with Crippen LogP contribution in [0.5, 0.6) is 0 Å². The van der Waals surface area contributed by atoms with Gasteiger partial charge in [-0.3, -0.25) is 20.2 Å². The largest absolute Gasteiger partial charge is 0.375 e. The van der Waals surface area contributed by atoms with Crippen LogP contribution in [0.3, 0.4) is 0 Å². The predicted octanol–water partition coefficient (Wildman–Crippen LogP) is 5.26. The zero-order valence-corrected chi connectivity index (χ0v) is 25.9. The summed E-state index contributed by atoms with van der Waals surface area (Å²) in [5.41, 5.74) is -0.714. The Balaban J connectivity index is 0.000000215. The van der Waals surface area contributed by atoms with Crippen molar-refractivity contribution in [3.63, 3.8) is 0 Å². The van der Waals surface area contributed by atoms with Crippen LogP contribution in [0.2, 0.25) is 5.02 Å². The summed E-state index contributed by atoms with van der Waals surface area (Å²) in [4.78, 5) is 20.4. The number of anilines is 1. The number of nitrogens with one attached hydrogen (secondary N) is 3. The molecule has 3 aromatic rings. The van der Waals surface area contributed by atoms with E-state index in [1.54, 1.807) is 26.0 Å². The lowest BCUT2D eigenvalue weighted by Crippen LogP contribution is -2.34. The molecule has 2 fully saturated rings. The maximum absolute atomic E-state index is 12.9. The molecule has 0 aliphatic heterocycles. The van der Waals surface area contributed by atoms with Crippen molar-refractivity contribution < 1.29 is 31.1 Å². The summed E-state index contributed by atoms with van der Waals surface area (Å²) in [6.07, 6.45) is 3.01. The molecule has 17 heteroatoms. The highest BCUT2D eigenvalue weighted by Gasteiger charge is 2.42. The SMILES string of the molecule is CC1(NS(=O)(=O)c2ccc(Cl)c([N+](=O)[O-])c2)CC1.CC1(NS(=O)(=O)c2ccc(NCc3ccc(F)cc3)c([N+](=O)[O-])c2)CC1. The summed E-state index contributed by atoms with van der Waals surface area (Å²) in [5, 5.41) is 24.9. The number of nitro groups is 2. The van der Waals surface area contributed by atoms with Crippen LogP contribution in [0.25, 0.3) is 0 Å². The molecule has 0 aromatic heterocycles. The molecular weight excluding hydrogens is 641 g/mol. The summed E-state index contributed by atoms with van der Waals surface area (Å²) in [5.74, 6) is -0.369. The summed E-state index contributed by atoms with van der Waals surface area (Å²) < 4.78 is 66.8. The molecule has 2 aliphatic rings. The van der Waals surface area contributed by atoms with Crippen molar-refractivity contribution in [3.8, 4) is 0 Å². The molecule has 13 nitrogen and oxygen atoms in total. The van der Waals surface area contributed by atoms with E-state index in [0.717, 1.165) is 43.4 Å². The fraction of sp³-hybridized carbons (Fsp3) is 0.333. The number of halogens is 2. The Morgan fingerprint density at radius 1 is 0.773 bits per heavy atom. The third-order valence-electron chi connectivity index (χ3n) is 7.06. The van der Waals surface area contributed by atoms with Gasteiger partial charge in [-0.25, -0.2) is 30.7 Å². The van der Waals surface area contributed by atoms with Crippen molar-refractivity contribution >= 4 is 48.7 Å². The van der Waals surface area contributed by atoms with Crippen LogP contribution in [0.1, 0.15) is 45.1 Å². The third kappa shape index (κ3) is 8.47. The van der Waals surface area contributed by atoms with Crippen LogP contribution in [-0.4, -0.2) is 37.8 Å². The molecule has 0 bridgehead atoms. The summed E-state index contributed by atoms with van der Waals surface area (Å²) >= 11 is 5.63. The fourth-order valence-corrected chi connectivity index (χ4v) is 7.08. The second-order valence-corrected chi connectivity index (χ2v) is 14.9. The van der Waals surface area contributed by atoms with Crippen LogP contribution in [0, 0.1) is 26.0 Å². The van der Waals surface area contributed by atoms with Crippen molar-refractivity contribution in [3.05, 3.63) is 97.3 Å². The van der Waals surface area contributed by atoms with E-state index in [1.807, 2.05) is 0 Å². The maximum atomic E-state index is 12.9. The molecule has 44 heavy (non-hydrogen) atoms. The lowest BCUT2D eigenvalue weighted by atomic mass is 10.2. The molecule has 3 aromatic carbocycles. The van der Waals surface area contributed by atoms with Crippen molar-refractivity contribution in [1.82, 2.24) is 9.44 Å². The van der Waals surface area contributed by atoms with E-state index in [2.05, 4.69) is 14.8 Å². The van der Waals surface area contributed by atoms with E-state index in [4.69, 9.17) is 11.6 Å². The molecule has 0 radical (unpaired) electrons. The van der Waals surface area contributed by atoms with Gasteiger partial charge in [0.2, 0.25) is 20.0 Å². The molecule has 0 heterocycles. The van der Waals surface area contributed by atoms with E-state index >= 15 is 0 Å². The first-order valence-corrected chi connectivity index (χ1v) is 16.6. The molecule has 236 valence electrons. The van der Waals surface area contributed by atoms with Crippen LogP contribution >= 0.6 is 11.6 Å². The van der Waals surface area contributed by atoms with Gasteiger partial charge < -0.3 is 5.32 Å². The first-order chi connectivity index (χ1) is 20.4. The van der Waals surface area contributed by atoms with Gasteiger partial charge in [0.25, 0.3) is 11.4 Å². The molecular formula is C27H29ClFN5O8S2. The highest BCUT2D eigenvalue weighted by molar-refractivity contribution is 7.89. The molecule has 0 atom stereocenters. The smallest absolute Gasteiger partial charge is 0.293 e. The molecule has 5 rings (SSSR count). The van der Waals surface area contributed by atoms with Crippen molar-refractivity contribution in [2.75, 3.05) is 5.32 Å². The molecule has 2 saturated carbocycles. The molecule has 0 amide bonds. The summed E-state index contributed by atoms with van der Waals surface area (Å²) in [6, 6.07) is 12.9. The van der Waals surface area contributed by atoms with Crippen LogP contribution in [0.4, 0.5) is 21.5 Å². The van der Waals surface area contributed by atoms with Gasteiger partial charge in [-0.2, -0.15) is 0 Å². The number of nitrogens with zero attached hydrogens (tertiary/aromatic N) is 2. The zero-order chi connectivity index (χ0) is 32.5. The highest BCUT2D eigenvalue weighted by Crippen LogP contribution is 2.38. The topological polar surface area (TPSA) is 191 Å². The van der Waals surface area contributed by atoms with Gasteiger partial charge >= 0.3 is 0 Å². The minimum absolute atomic E-state index is 0.0865. The van der Waals surface area contributed by atoms with Gasteiger partial charge in [-0.1, -0.05) is 23.7 Å². The standard InChI is InChI=1S/C17H18FN3O4S.C10H11ClN2O4S/c1-17(8-9-17)20-26(24,25)14-6-7-15(16(10-14)21(22)23)19-11-12-2-4-13(18)5-3-12;1-10(4-5-10)12-18(16,17)7-2-3-8(11)9(6-7)13(14)15/h2-7,10,19-20H,8-9,11H2,1H3;2-3,6,12H,4-5H2,1H3. The van der Waals surface area contributed by atoms with E-state index in [0.29, 0.717) is 0 Å². The Morgan fingerprint density at radius 3 is 1.68 bits per heavy atom. The van der Waals surface area contributed by atoms with Gasteiger partial charge in [-0.15, -0.1) is 0 Å². The zero-order valence-electron chi connectivity index (χ0n) is 23.5. The molecule has 2 aliphatic carbocycles. The van der Waals surface area contributed by atoms with E-state index < -0.39 is 46.7 Å². The molecule has 0 spiro atoms. The normalized spacial score (nSPS) is 16.3. The second-order valence-electron chi connectivity index (χ2n) is 11.1. The summed E-state index contributed by atoms with van der Waals surface area (Å²) in [6.45, 7) is 3.82. The third-order valence-corrected chi connectivity index (χ3v) is 10.7. The number of rotatable bonds is 11. The Labute approximate surface area is 258 Å². The minimum atomic E-state index is -3.82. The Bertz CT molecular complexity index is 1810. The molecule has 0 unspecified atom stereocenters. The lowest BCUT2D eigenvalue weighted by molar-refractivity contribution is -0.384. The van der Waals surface area contributed by atoms with Gasteiger partial charge in [-0.05, 0) is 81.5 Å². The van der Waals surface area contributed by atoms with Crippen LogP contribution in [-0.2, 0) is 26.6 Å². The van der Waals surface area contributed by atoms with Crippen molar-refractivity contribution in [2.45, 2.75) is 66.9 Å². The average Bonchev–Trinajstić information content (AvgIpc) is 3.86. The minimum Gasteiger partial charge on any atom is -0.375 e. The van der Waals surface area contributed by atoms with Gasteiger partial charge in [0.1, 0.15) is 16.5 Å². The Morgan fingerprint density at radius 2 is 1.23 bits per heavy atom. The number of benzene rings is 3. The Kier molecular flexibility index (Phi) is 9.32. The summed E-state index contributed by atoms with van der Waals surface area (Å²) in [7, 11) is -7.57. The number of hydrogen-bond donors (Lipinski definition) is 3. The fourth-order valence-electron chi connectivity index (χ4n) is 3.92. The van der Waals surface area contributed by atoms with Gasteiger partial charge in [0, 0.05) is 29.8 Å². The second kappa shape index (κ2) is 12.4. The van der Waals surface area contributed by atoms with Crippen molar-refractivity contribution in [1.29, 1.82) is 0 Å². The molecule has 3 N–H and O–H groups in total. The maximum Gasteiger partial charge on any atom is 0.293 e. The van der Waals surface area contributed by atoms with E-state index in [1.165, 1.54) is 36.4 Å². The average molecular weight is 670 g/mol. The predicted molar refractivity (Wildman–Crippen MR) is 161 cm³/mol. The monoisotopic (exact) mass is 669 g/mol. The van der Waals surface area contributed by atoms with E-state index in [9.17, 15) is 41.5 Å². The van der Waals surface area contributed by atoms with Crippen molar-refractivity contribution in [2.24, 2.45) is 0 Å². The van der Waals surface area contributed by atoms with Gasteiger partial charge in [0.15, 0.2) is 0 Å². The first kappa shape index (κ1) is 33.2. The first-order valence-electron chi connectivity index (χ1n) is 13.2. The highest BCUT2D eigenvalue weighted by atomic mass is 35.5. The number of nitro benzene ring substituents is 2. The quantitative estimate of drug-likeness (QED) is 0.181. The lowest BCUT2D eigenvalue weighted by Gasteiger charge is -2.13. The Hall–Kier alpha value is -3.70. The van der Waals surface area contributed by atoms with Crippen LogP contribution in [0.15, 0.2) is 70.5 Å².